The Morgan fingerprint density at radius 2 is 1.66 bits per heavy atom. The molecule has 35 heavy (non-hydrogen) atoms. The molecule has 1 amide bonds. The highest BCUT2D eigenvalue weighted by atomic mass is 35.5. The van der Waals surface area contributed by atoms with Gasteiger partial charge in [-0.25, -0.2) is 13.8 Å². The highest BCUT2D eigenvalue weighted by Crippen LogP contribution is 2.26. The quantitative estimate of drug-likeness (QED) is 0.300. The van der Waals surface area contributed by atoms with Gasteiger partial charge in [-0.1, -0.05) is 83.4 Å². The lowest BCUT2D eigenvalue weighted by atomic mass is 10.1. The number of carbonyl (C=O) groups excluding carboxylic acids is 1. The molecule has 0 atom stereocenters. The third kappa shape index (κ3) is 6.92. The van der Waals surface area contributed by atoms with Crippen molar-refractivity contribution in [1.82, 2.24) is 9.73 Å². The Bertz CT molecular complexity index is 1320. The number of carbonyl (C=O) groups is 1. The number of nitrogens with one attached hydrogen (secondary N) is 1. The first kappa shape index (κ1) is 26.9. The van der Waals surface area contributed by atoms with E-state index in [1.54, 1.807) is 32.0 Å². The van der Waals surface area contributed by atoms with Gasteiger partial charge in [0.2, 0.25) is 10.0 Å². The Morgan fingerprint density at radius 1 is 1.00 bits per heavy atom. The predicted octanol–water partition coefficient (Wildman–Crippen LogP) is 5.30. The van der Waals surface area contributed by atoms with Crippen molar-refractivity contribution in [1.29, 1.82) is 0 Å². The van der Waals surface area contributed by atoms with Crippen molar-refractivity contribution in [3.63, 3.8) is 0 Å². The Morgan fingerprint density at radius 3 is 2.31 bits per heavy atom. The normalized spacial score (nSPS) is 11.8. The van der Waals surface area contributed by atoms with Crippen LogP contribution in [0.15, 0.2) is 70.7 Å². The third-order valence-electron chi connectivity index (χ3n) is 5.39. The van der Waals surface area contributed by atoms with E-state index < -0.39 is 15.9 Å². The van der Waals surface area contributed by atoms with Crippen LogP contribution < -0.4 is 5.43 Å². The lowest BCUT2D eigenvalue weighted by Crippen LogP contribution is -2.41. The highest BCUT2D eigenvalue weighted by molar-refractivity contribution is 7.89. The molecule has 0 aromatic heterocycles. The van der Waals surface area contributed by atoms with Crippen LogP contribution in [0, 0.1) is 20.8 Å². The van der Waals surface area contributed by atoms with E-state index in [1.807, 2.05) is 49.4 Å². The van der Waals surface area contributed by atoms with Gasteiger partial charge < -0.3 is 0 Å². The van der Waals surface area contributed by atoms with Crippen LogP contribution >= 0.6 is 23.2 Å². The maximum Gasteiger partial charge on any atom is 0.255 e. The van der Waals surface area contributed by atoms with E-state index in [0.29, 0.717) is 33.2 Å². The molecule has 0 unspecified atom stereocenters. The van der Waals surface area contributed by atoms with Crippen LogP contribution in [0.4, 0.5) is 0 Å². The highest BCUT2D eigenvalue weighted by Gasteiger charge is 2.29. The summed E-state index contributed by atoms with van der Waals surface area (Å²) in [6.45, 7) is 5.20. The molecule has 9 heteroatoms. The van der Waals surface area contributed by atoms with Gasteiger partial charge in [-0.3, -0.25) is 4.79 Å². The summed E-state index contributed by atoms with van der Waals surface area (Å²) in [4.78, 5) is 12.9. The van der Waals surface area contributed by atoms with E-state index in [-0.39, 0.29) is 18.0 Å². The van der Waals surface area contributed by atoms with Crippen LogP contribution in [0.5, 0.6) is 0 Å². The van der Waals surface area contributed by atoms with E-state index >= 15 is 0 Å². The number of hydrogen-bond donors (Lipinski definition) is 1. The number of benzene rings is 3. The molecule has 1 N–H and O–H groups in total. The summed E-state index contributed by atoms with van der Waals surface area (Å²) in [5, 5.41) is 4.60. The number of nitrogens with zero attached hydrogens (tertiary/aromatic N) is 2. The molecule has 0 radical (unpaired) electrons. The molecule has 0 aliphatic heterocycles. The number of amides is 1. The van der Waals surface area contributed by atoms with Crippen molar-refractivity contribution in [2.24, 2.45) is 5.10 Å². The Balaban J connectivity index is 1.83. The minimum atomic E-state index is -3.95. The minimum Gasteiger partial charge on any atom is -0.272 e. The van der Waals surface area contributed by atoms with Crippen LogP contribution in [0.3, 0.4) is 0 Å². The first-order valence-electron chi connectivity index (χ1n) is 11.0. The molecule has 0 aliphatic carbocycles. The van der Waals surface area contributed by atoms with Gasteiger partial charge in [-0.2, -0.15) is 9.41 Å². The van der Waals surface area contributed by atoms with Gasteiger partial charge in [-0.05, 0) is 49.9 Å². The fourth-order valence-corrected chi connectivity index (χ4v) is 6.04. The van der Waals surface area contributed by atoms with Crippen molar-refractivity contribution in [3.05, 3.63) is 98.5 Å². The predicted molar refractivity (Wildman–Crippen MR) is 142 cm³/mol. The first-order valence-corrected chi connectivity index (χ1v) is 13.2. The number of hydrogen-bond acceptors (Lipinski definition) is 4. The second kappa shape index (κ2) is 11.8. The summed E-state index contributed by atoms with van der Waals surface area (Å²) in [6, 6.07) is 18.2. The van der Waals surface area contributed by atoms with E-state index in [4.69, 9.17) is 23.2 Å². The standard InChI is InChI=1S/C26H27Cl2N3O3S/c1-18-14-19(2)26(20(3)15-18)35(33,34)31(13-12-21-8-5-4-6-9-21)17-24(32)30-29-16-22-10-7-11-23(27)25(22)28/h4-11,14-16H,12-13,17H2,1-3H3,(H,30,32)/b29-16+. The smallest absolute Gasteiger partial charge is 0.255 e. The topological polar surface area (TPSA) is 78.8 Å². The van der Waals surface area contributed by atoms with Gasteiger partial charge in [-0.15, -0.1) is 0 Å². The van der Waals surface area contributed by atoms with Crippen LogP contribution in [-0.2, 0) is 21.2 Å². The maximum absolute atomic E-state index is 13.7. The Hall–Kier alpha value is -2.71. The van der Waals surface area contributed by atoms with Crippen molar-refractivity contribution < 1.29 is 13.2 Å². The number of rotatable bonds is 9. The lowest BCUT2D eigenvalue weighted by molar-refractivity contribution is -0.121. The molecule has 3 aromatic carbocycles. The van der Waals surface area contributed by atoms with Gasteiger partial charge in [0.15, 0.2) is 0 Å². The van der Waals surface area contributed by atoms with Gasteiger partial charge in [0.1, 0.15) is 0 Å². The zero-order valence-corrected chi connectivity index (χ0v) is 22.1. The Kier molecular flexibility index (Phi) is 9.08. The van der Waals surface area contributed by atoms with Gasteiger partial charge in [0.05, 0.1) is 27.7 Å². The molecule has 0 heterocycles. The fraction of sp³-hybridized carbons (Fsp3) is 0.231. The fourth-order valence-electron chi connectivity index (χ4n) is 3.87. The second-order valence-corrected chi connectivity index (χ2v) is 10.9. The summed E-state index contributed by atoms with van der Waals surface area (Å²) >= 11 is 12.1. The SMILES string of the molecule is Cc1cc(C)c(S(=O)(=O)N(CCc2ccccc2)CC(=O)N/N=C/c2cccc(Cl)c2Cl)c(C)c1. The van der Waals surface area contributed by atoms with E-state index in [9.17, 15) is 13.2 Å². The van der Waals surface area contributed by atoms with Crippen LogP contribution in [-0.4, -0.2) is 37.9 Å². The minimum absolute atomic E-state index is 0.135. The van der Waals surface area contributed by atoms with Crippen molar-refractivity contribution in [3.8, 4) is 0 Å². The third-order valence-corrected chi connectivity index (χ3v) is 8.37. The van der Waals surface area contributed by atoms with Gasteiger partial charge in [0, 0.05) is 12.1 Å². The largest absolute Gasteiger partial charge is 0.272 e. The molecular formula is C26H27Cl2N3O3S. The summed E-state index contributed by atoms with van der Waals surface area (Å²) in [5.74, 6) is -0.571. The van der Waals surface area contributed by atoms with Gasteiger partial charge >= 0.3 is 0 Å². The molecule has 3 rings (SSSR count). The average molecular weight is 532 g/mol. The summed E-state index contributed by atoms with van der Waals surface area (Å²) in [7, 11) is -3.95. The summed E-state index contributed by atoms with van der Waals surface area (Å²) in [6.07, 6.45) is 1.82. The number of aryl methyl sites for hydroxylation is 3. The maximum atomic E-state index is 13.7. The van der Waals surface area contributed by atoms with Gasteiger partial charge in [0.25, 0.3) is 5.91 Å². The number of sulfonamides is 1. The molecule has 0 spiro atoms. The molecule has 184 valence electrons. The first-order chi connectivity index (χ1) is 16.6. The van der Waals surface area contributed by atoms with Crippen LogP contribution in [0.25, 0.3) is 0 Å². The molecule has 0 saturated carbocycles. The van der Waals surface area contributed by atoms with Crippen LogP contribution in [0.2, 0.25) is 10.0 Å². The summed E-state index contributed by atoms with van der Waals surface area (Å²) < 4.78 is 28.6. The molecule has 3 aromatic rings. The number of halogens is 2. The summed E-state index contributed by atoms with van der Waals surface area (Å²) in [5.41, 5.74) is 6.14. The molecule has 0 saturated heterocycles. The van der Waals surface area contributed by atoms with Crippen molar-refractivity contribution >= 4 is 45.3 Å². The molecule has 6 nitrogen and oxygen atoms in total. The zero-order chi connectivity index (χ0) is 25.6. The van der Waals surface area contributed by atoms with E-state index in [0.717, 1.165) is 11.1 Å². The zero-order valence-electron chi connectivity index (χ0n) is 19.8. The monoisotopic (exact) mass is 531 g/mol. The van der Waals surface area contributed by atoms with E-state index in [2.05, 4.69) is 10.5 Å². The number of hydrazone groups is 1. The molecular weight excluding hydrogens is 505 g/mol. The molecule has 0 fully saturated rings. The average Bonchev–Trinajstić information content (AvgIpc) is 2.79. The van der Waals surface area contributed by atoms with Crippen molar-refractivity contribution in [2.45, 2.75) is 32.1 Å². The molecule has 0 aliphatic rings. The second-order valence-electron chi connectivity index (χ2n) is 8.24. The van der Waals surface area contributed by atoms with Crippen LogP contribution in [0.1, 0.15) is 27.8 Å². The lowest BCUT2D eigenvalue weighted by Gasteiger charge is -2.24. The van der Waals surface area contributed by atoms with E-state index in [1.165, 1.54) is 10.5 Å². The van der Waals surface area contributed by atoms with Crippen molar-refractivity contribution in [2.75, 3.05) is 13.1 Å². The molecule has 0 bridgehead atoms. The Labute approximate surface area is 216 Å².